The van der Waals surface area contributed by atoms with Crippen LogP contribution >= 0.6 is 11.8 Å². The van der Waals surface area contributed by atoms with E-state index in [9.17, 15) is 4.79 Å². The highest BCUT2D eigenvalue weighted by Crippen LogP contribution is 2.38. The lowest BCUT2D eigenvalue weighted by atomic mass is 9.95. The first kappa shape index (κ1) is 19.3. The topological polar surface area (TPSA) is 59.4 Å². The molecule has 0 spiro atoms. The highest BCUT2D eigenvalue weighted by Gasteiger charge is 2.39. The van der Waals surface area contributed by atoms with E-state index in [0.29, 0.717) is 5.92 Å². The number of methoxy groups -OCH3 is 1. The zero-order chi connectivity index (χ0) is 19.7. The van der Waals surface area contributed by atoms with E-state index in [4.69, 9.17) is 9.72 Å². The number of aromatic nitrogens is 2. The molecule has 4 rings (SSSR count). The van der Waals surface area contributed by atoms with Crippen molar-refractivity contribution in [2.75, 3.05) is 26.1 Å². The summed E-state index contributed by atoms with van der Waals surface area (Å²) in [4.78, 5) is 20.3. The fraction of sp³-hybridized carbons (Fsp3) is 0.524. The van der Waals surface area contributed by atoms with Gasteiger partial charge in [-0.25, -0.2) is 4.98 Å². The molecule has 1 aromatic heterocycles. The summed E-state index contributed by atoms with van der Waals surface area (Å²) in [6.45, 7) is 6.68. The highest BCUT2D eigenvalue weighted by molar-refractivity contribution is 8.00. The van der Waals surface area contributed by atoms with Crippen molar-refractivity contribution in [1.82, 2.24) is 19.8 Å². The van der Waals surface area contributed by atoms with E-state index >= 15 is 0 Å². The van der Waals surface area contributed by atoms with Gasteiger partial charge in [0.25, 0.3) is 0 Å². The molecule has 3 heterocycles. The standard InChI is InChI=1S/C21H28N4O2S/c1-4-14(2)19-20-23-16(15-7-5-6-8-17(15)27-3)12-24(20)9-10-25(19)21(26)18-11-22-13-28-18/h5-8,12,14,18-19,22H,4,9-11,13H2,1-3H3/t14?,18-,19-/m0/s1. The van der Waals surface area contributed by atoms with Gasteiger partial charge >= 0.3 is 0 Å². The van der Waals surface area contributed by atoms with Crippen molar-refractivity contribution in [3.63, 3.8) is 0 Å². The summed E-state index contributed by atoms with van der Waals surface area (Å²) in [7, 11) is 1.69. The number of benzene rings is 1. The van der Waals surface area contributed by atoms with Crippen LogP contribution < -0.4 is 10.1 Å². The Morgan fingerprint density at radius 3 is 2.93 bits per heavy atom. The third-order valence-electron chi connectivity index (χ3n) is 5.83. The summed E-state index contributed by atoms with van der Waals surface area (Å²) >= 11 is 1.71. The predicted molar refractivity (Wildman–Crippen MR) is 112 cm³/mol. The second kappa shape index (κ2) is 8.17. The summed E-state index contributed by atoms with van der Waals surface area (Å²) in [6, 6.07) is 7.97. The number of carbonyl (C=O) groups is 1. The lowest BCUT2D eigenvalue weighted by Gasteiger charge is -2.40. The normalized spacial score (nSPS) is 22.8. The van der Waals surface area contributed by atoms with Crippen molar-refractivity contribution in [3.05, 3.63) is 36.3 Å². The molecule has 28 heavy (non-hydrogen) atoms. The Morgan fingerprint density at radius 1 is 1.39 bits per heavy atom. The van der Waals surface area contributed by atoms with Crippen molar-refractivity contribution < 1.29 is 9.53 Å². The van der Waals surface area contributed by atoms with Crippen LogP contribution in [-0.2, 0) is 11.3 Å². The van der Waals surface area contributed by atoms with Gasteiger partial charge < -0.3 is 19.5 Å². The molecule has 1 fully saturated rings. The van der Waals surface area contributed by atoms with E-state index in [1.54, 1.807) is 18.9 Å². The molecule has 0 bridgehead atoms. The Labute approximate surface area is 170 Å². The first-order valence-electron chi connectivity index (χ1n) is 9.97. The van der Waals surface area contributed by atoms with Crippen molar-refractivity contribution in [2.24, 2.45) is 5.92 Å². The number of nitrogens with zero attached hydrogens (tertiary/aromatic N) is 3. The van der Waals surface area contributed by atoms with Gasteiger partial charge in [-0.2, -0.15) is 0 Å². The molecule has 0 saturated carbocycles. The second-order valence-corrected chi connectivity index (χ2v) is 8.68. The molecular formula is C21H28N4O2S. The van der Waals surface area contributed by atoms with Crippen LogP contribution in [0.1, 0.15) is 32.1 Å². The molecule has 3 atom stereocenters. The van der Waals surface area contributed by atoms with Crippen molar-refractivity contribution in [3.8, 4) is 17.0 Å². The van der Waals surface area contributed by atoms with Crippen LogP contribution in [0.5, 0.6) is 5.75 Å². The maximum Gasteiger partial charge on any atom is 0.237 e. The van der Waals surface area contributed by atoms with E-state index in [0.717, 1.165) is 54.8 Å². The molecule has 150 valence electrons. The van der Waals surface area contributed by atoms with Gasteiger partial charge in [-0.3, -0.25) is 4.79 Å². The fourth-order valence-electron chi connectivity index (χ4n) is 4.11. The number of rotatable bonds is 5. The van der Waals surface area contributed by atoms with Crippen LogP contribution in [0.25, 0.3) is 11.3 Å². The minimum atomic E-state index is 0.0101. The van der Waals surface area contributed by atoms with E-state index in [1.807, 2.05) is 24.3 Å². The van der Waals surface area contributed by atoms with E-state index in [2.05, 4.69) is 34.8 Å². The van der Waals surface area contributed by atoms with Gasteiger partial charge in [-0.1, -0.05) is 32.4 Å². The van der Waals surface area contributed by atoms with Gasteiger partial charge in [0, 0.05) is 37.3 Å². The first-order chi connectivity index (χ1) is 13.6. The average molecular weight is 401 g/mol. The Morgan fingerprint density at radius 2 is 2.21 bits per heavy atom. The summed E-state index contributed by atoms with van der Waals surface area (Å²) in [5.74, 6) is 3.25. The van der Waals surface area contributed by atoms with Gasteiger partial charge in [-0.15, -0.1) is 11.8 Å². The number of hydrogen-bond donors (Lipinski definition) is 1. The number of thioether (sulfide) groups is 1. The molecule has 1 N–H and O–H groups in total. The third-order valence-corrected chi connectivity index (χ3v) is 6.97. The van der Waals surface area contributed by atoms with Crippen molar-refractivity contribution in [1.29, 1.82) is 0 Å². The predicted octanol–water partition coefficient (Wildman–Crippen LogP) is 3.15. The molecular weight excluding hydrogens is 372 g/mol. The molecule has 7 heteroatoms. The monoisotopic (exact) mass is 400 g/mol. The van der Waals surface area contributed by atoms with E-state index in [1.165, 1.54) is 0 Å². The molecule has 1 amide bonds. The smallest absolute Gasteiger partial charge is 0.237 e. The summed E-state index contributed by atoms with van der Waals surface area (Å²) in [5, 5.41) is 3.30. The lowest BCUT2D eigenvalue weighted by Crippen LogP contribution is -2.48. The SMILES string of the molecule is CCC(C)[C@H]1c2nc(-c3ccccc3OC)cn2CCN1C(=O)[C@@H]1CNCS1. The van der Waals surface area contributed by atoms with Crippen LogP contribution in [-0.4, -0.2) is 51.7 Å². The van der Waals surface area contributed by atoms with Crippen LogP contribution in [0.4, 0.5) is 0 Å². The molecule has 0 aliphatic carbocycles. The number of carbonyl (C=O) groups excluding carboxylic acids is 1. The number of imidazole rings is 1. The van der Waals surface area contributed by atoms with Crippen LogP contribution in [0.2, 0.25) is 0 Å². The zero-order valence-electron chi connectivity index (χ0n) is 16.7. The molecule has 2 aromatic rings. The largest absolute Gasteiger partial charge is 0.496 e. The number of nitrogens with one attached hydrogen (secondary N) is 1. The fourth-order valence-corrected chi connectivity index (χ4v) is 5.06. The quantitative estimate of drug-likeness (QED) is 0.836. The number of fused-ring (bicyclic) bond motifs is 1. The van der Waals surface area contributed by atoms with Gasteiger partial charge in [0.15, 0.2) is 0 Å². The molecule has 6 nitrogen and oxygen atoms in total. The van der Waals surface area contributed by atoms with Gasteiger partial charge in [0.1, 0.15) is 11.6 Å². The maximum atomic E-state index is 13.2. The van der Waals surface area contributed by atoms with Crippen LogP contribution in [0, 0.1) is 5.92 Å². The number of hydrogen-bond acceptors (Lipinski definition) is 5. The number of ether oxygens (including phenoxy) is 1. The first-order valence-corrected chi connectivity index (χ1v) is 11.0. The van der Waals surface area contributed by atoms with Crippen LogP contribution in [0.3, 0.4) is 0 Å². The van der Waals surface area contributed by atoms with Gasteiger partial charge in [0.2, 0.25) is 5.91 Å². The zero-order valence-corrected chi connectivity index (χ0v) is 17.5. The molecule has 2 aliphatic heterocycles. The van der Waals surface area contributed by atoms with E-state index < -0.39 is 0 Å². The maximum absolute atomic E-state index is 13.2. The number of para-hydroxylation sites is 1. The van der Waals surface area contributed by atoms with Crippen molar-refractivity contribution >= 4 is 17.7 Å². The molecule has 1 saturated heterocycles. The van der Waals surface area contributed by atoms with E-state index in [-0.39, 0.29) is 17.2 Å². The second-order valence-electron chi connectivity index (χ2n) is 7.49. The summed E-state index contributed by atoms with van der Waals surface area (Å²) in [6.07, 6.45) is 3.11. The lowest BCUT2D eigenvalue weighted by molar-refractivity contribution is -0.135. The minimum absolute atomic E-state index is 0.0101. The van der Waals surface area contributed by atoms with Gasteiger partial charge in [-0.05, 0) is 18.1 Å². The Balaban J connectivity index is 1.71. The van der Waals surface area contributed by atoms with Gasteiger partial charge in [0.05, 0.1) is 24.1 Å². The Kier molecular flexibility index (Phi) is 5.64. The Bertz CT molecular complexity index is 847. The molecule has 0 radical (unpaired) electrons. The van der Waals surface area contributed by atoms with Crippen molar-refractivity contribution in [2.45, 2.75) is 38.1 Å². The number of amides is 1. The summed E-state index contributed by atoms with van der Waals surface area (Å²) in [5.41, 5.74) is 1.90. The third kappa shape index (κ3) is 3.42. The molecule has 2 aliphatic rings. The molecule has 1 aromatic carbocycles. The molecule has 1 unspecified atom stereocenters. The average Bonchev–Trinajstić information content (AvgIpc) is 3.41. The highest BCUT2D eigenvalue weighted by atomic mass is 32.2. The summed E-state index contributed by atoms with van der Waals surface area (Å²) < 4.78 is 7.76. The Hall–Kier alpha value is -1.99. The minimum Gasteiger partial charge on any atom is -0.496 e. The van der Waals surface area contributed by atoms with Crippen LogP contribution in [0.15, 0.2) is 30.5 Å².